The second kappa shape index (κ2) is 5.61. The maximum Gasteiger partial charge on any atom is 0.222 e. The summed E-state index contributed by atoms with van der Waals surface area (Å²) in [6, 6.07) is 7.65. The number of pyridine rings is 2. The molecule has 0 bridgehead atoms. The Labute approximate surface area is 125 Å². The summed E-state index contributed by atoms with van der Waals surface area (Å²) >= 11 is 6.06. The van der Waals surface area contributed by atoms with Gasteiger partial charge in [-0.05, 0) is 18.2 Å². The average molecular weight is 306 g/mol. The number of hydrogen-bond donors (Lipinski definition) is 1. The highest BCUT2D eigenvalue weighted by molar-refractivity contribution is 6.31. The zero-order valence-electron chi connectivity index (χ0n) is 11.5. The minimum Gasteiger partial charge on any atom is -1.00 e. The molecule has 3 rings (SSSR count). The molecule has 2 heterocycles. The monoisotopic (exact) mass is 305 g/mol. The van der Waals surface area contributed by atoms with Crippen molar-refractivity contribution in [2.75, 3.05) is 5.32 Å². The Bertz CT molecular complexity index is 851. The van der Waals surface area contributed by atoms with Gasteiger partial charge < -0.3 is 10.0 Å². The molecule has 0 saturated carbocycles. The van der Waals surface area contributed by atoms with Crippen molar-refractivity contribution in [2.45, 2.75) is 6.92 Å². The molecule has 0 aliphatic heterocycles. The van der Waals surface area contributed by atoms with Crippen molar-refractivity contribution in [1.29, 1.82) is 0 Å². The highest BCUT2D eigenvalue weighted by Gasteiger charge is 2.12. The SMILES string of the molecule is CC(=O)Nc1cc2c(cn1)c[n+](C)c1cc(Cl)ccc21.[F-]. The molecule has 0 spiro atoms. The van der Waals surface area contributed by atoms with Gasteiger partial charge in [0.1, 0.15) is 12.9 Å². The van der Waals surface area contributed by atoms with Gasteiger partial charge in [0.15, 0.2) is 6.20 Å². The van der Waals surface area contributed by atoms with Crippen LogP contribution in [0.15, 0.2) is 36.7 Å². The summed E-state index contributed by atoms with van der Waals surface area (Å²) in [4.78, 5) is 15.4. The second-order valence-electron chi connectivity index (χ2n) is 4.74. The van der Waals surface area contributed by atoms with Crippen LogP contribution >= 0.6 is 11.6 Å². The lowest BCUT2D eigenvalue weighted by Gasteiger charge is -2.05. The van der Waals surface area contributed by atoms with Crippen molar-refractivity contribution < 1.29 is 14.1 Å². The molecule has 4 nitrogen and oxygen atoms in total. The molecule has 0 saturated heterocycles. The van der Waals surface area contributed by atoms with Crippen LogP contribution in [0.3, 0.4) is 0 Å². The Morgan fingerprint density at radius 3 is 2.76 bits per heavy atom. The number of fused-ring (bicyclic) bond motifs is 3. The number of carbonyl (C=O) groups excluding carboxylic acids is 1. The second-order valence-corrected chi connectivity index (χ2v) is 5.18. The van der Waals surface area contributed by atoms with E-state index in [1.807, 2.05) is 42.1 Å². The maximum absolute atomic E-state index is 11.1. The number of aryl methyl sites for hydroxylation is 1. The number of halogens is 2. The summed E-state index contributed by atoms with van der Waals surface area (Å²) in [6.07, 6.45) is 3.76. The third kappa shape index (κ3) is 2.78. The maximum atomic E-state index is 11.1. The lowest BCUT2D eigenvalue weighted by molar-refractivity contribution is -0.643. The van der Waals surface area contributed by atoms with Gasteiger partial charge in [-0.3, -0.25) is 4.79 Å². The van der Waals surface area contributed by atoms with E-state index in [0.717, 1.165) is 21.7 Å². The van der Waals surface area contributed by atoms with Gasteiger partial charge in [-0.15, -0.1) is 0 Å². The topological polar surface area (TPSA) is 45.9 Å². The molecule has 1 N–H and O–H groups in total. The van der Waals surface area contributed by atoms with Crippen LogP contribution < -0.4 is 14.6 Å². The van der Waals surface area contributed by atoms with E-state index in [1.54, 1.807) is 6.20 Å². The molecule has 0 fully saturated rings. The Kier molecular flexibility index (Phi) is 4.04. The number of carbonyl (C=O) groups is 1. The Morgan fingerprint density at radius 2 is 2.05 bits per heavy atom. The fourth-order valence-electron chi connectivity index (χ4n) is 2.35. The van der Waals surface area contributed by atoms with Crippen molar-refractivity contribution in [1.82, 2.24) is 4.98 Å². The highest BCUT2D eigenvalue weighted by atomic mass is 35.5. The molecule has 0 atom stereocenters. The van der Waals surface area contributed by atoms with E-state index in [4.69, 9.17) is 11.6 Å². The lowest BCUT2D eigenvalue weighted by atomic mass is 10.1. The van der Waals surface area contributed by atoms with Crippen molar-refractivity contribution in [3.05, 3.63) is 41.7 Å². The quantitative estimate of drug-likeness (QED) is 0.501. The average Bonchev–Trinajstić information content (AvgIpc) is 2.39. The standard InChI is InChI=1S/C15H12ClN3O.FH/c1-9(20)18-15-6-13-10(7-17-15)8-19(2)14-5-11(16)3-4-12(13)14;/h3-8H,1-2H3;1H. The predicted octanol–water partition coefficient (Wildman–Crippen LogP) is -0.172. The number of anilines is 1. The van der Waals surface area contributed by atoms with Crippen LogP contribution in [0.4, 0.5) is 5.82 Å². The third-order valence-electron chi connectivity index (χ3n) is 3.20. The van der Waals surface area contributed by atoms with Gasteiger partial charge in [-0.1, -0.05) is 11.6 Å². The van der Waals surface area contributed by atoms with E-state index in [9.17, 15) is 4.79 Å². The van der Waals surface area contributed by atoms with Crippen LogP contribution in [0.1, 0.15) is 6.92 Å². The summed E-state index contributed by atoms with van der Waals surface area (Å²) < 4.78 is 2.02. The van der Waals surface area contributed by atoms with E-state index in [2.05, 4.69) is 10.3 Å². The van der Waals surface area contributed by atoms with Crippen molar-refractivity contribution >= 4 is 45.0 Å². The molecule has 0 radical (unpaired) electrons. The first-order valence-corrected chi connectivity index (χ1v) is 6.57. The molecule has 2 aromatic heterocycles. The summed E-state index contributed by atoms with van der Waals surface area (Å²) in [5, 5.41) is 6.52. The molecular weight excluding hydrogens is 293 g/mol. The minimum absolute atomic E-state index is 0. The molecule has 1 amide bonds. The van der Waals surface area contributed by atoms with E-state index in [1.165, 1.54) is 6.92 Å². The first kappa shape index (κ1) is 15.1. The van der Waals surface area contributed by atoms with Gasteiger partial charge in [0.2, 0.25) is 11.4 Å². The van der Waals surface area contributed by atoms with Crippen LogP contribution in [-0.2, 0) is 11.8 Å². The van der Waals surface area contributed by atoms with E-state index in [-0.39, 0.29) is 10.6 Å². The molecule has 0 unspecified atom stereocenters. The van der Waals surface area contributed by atoms with E-state index < -0.39 is 0 Å². The molecule has 0 aliphatic rings. The molecule has 6 heteroatoms. The molecule has 3 aromatic rings. The summed E-state index contributed by atoms with van der Waals surface area (Å²) in [6.45, 7) is 1.47. The van der Waals surface area contributed by atoms with Crippen molar-refractivity contribution in [3.63, 3.8) is 0 Å². The van der Waals surface area contributed by atoms with Crippen LogP contribution in [-0.4, -0.2) is 10.9 Å². The molecule has 0 aliphatic carbocycles. The Hall–Kier alpha value is -2.27. The lowest BCUT2D eigenvalue weighted by Crippen LogP contribution is -3.00. The van der Waals surface area contributed by atoms with Gasteiger partial charge in [0.05, 0.1) is 10.8 Å². The van der Waals surface area contributed by atoms with Crippen LogP contribution in [0.2, 0.25) is 5.02 Å². The van der Waals surface area contributed by atoms with E-state index in [0.29, 0.717) is 10.8 Å². The summed E-state index contributed by atoms with van der Waals surface area (Å²) in [5.41, 5.74) is 1.03. The van der Waals surface area contributed by atoms with Gasteiger partial charge in [-0.2, -0.15) is 0 Å². The van der Waals surface area contributed by atoms with Crippen molar-refractivity contribution in [3.8, 4) is 0 Å². The van der Waals surface area contributed by atoms with E-state index >= 15 is 0 Å². The van der Waals surface area contributed by atoms with Gasteiger partial charge in [-0.25, -0.2) is 9.55 Å². The van der Waals surface area contributed by atoms with Gasteiger partial charge in [0.25, 0.3) is 0 Å². The Morgan fingerprint density at radius 1 is 1.29 bits per heavy atom. The van der Waals surface area contributed by atoms with Crippen molar-refractivity contribution in [2.24, 2.45) is 7.05 Å². The third-order valence-corrected chi connectivity index (χ3v) is 3.44. The number of benzene rings is 1. The largest absolute Gasteiger partial charge is 1.00 e. The van der Waals surface area contributed by atoms with Gasteiger partial charge >= 0.3 is 0 Å². The number of amides is 1. The fourth-order valence-corrected chi connectivity index (χ4v) is 2.52. The minimum atomic E-state index is -0.134. The zero-order chi connectivity index (χ0) is 14.3. The number of nitrogens with one attached hydrogen (secondary N) is 1. The highest BCUT2D eigenvalue weighted by Crippen LogP contribution is 2.25. The summed E-state index contributed by atoms with van der Waals surface area (Å²) in [5.74, 6) is 0.417. The first-order valence-electron chi connectivity index (χ1n) is 6.20. The number of nitrogens with zero attached hydrogens (tertiary/aromatic N) is 2. The Balaban J connectivity index is 0.00000161. The summed E-state index contributed by atoms with van der Waals surface area (Å²) in [7, 11) is 1.97. The first-order chi connectivity index (χ1) is 9.54. The molecule has 21 heavy (non-hydrogen) atoms. The zero-order valence-corrected chi connectivity index (χ0v) is 12.3. The molecular formula is C15H13ClFN3O. The number of aromatic nitrogens is 2. The normalized spacial score (nSPS) is 10.4. The van der Waals surface area contributed by atoms with Gasteiger partial charge in [0, 0.05) is 29.6 Å². The fraction of sp³-hybridized carbons (Fsp3) is 0.133. The van der Waals surface area contributed by atoms with Crippen LogP contribution in [0.5, 0.6) is 0 Å². The smallest absolute Gasteiger partial charge is 0.222 e. The number of hydrogen-bond acceptors (Lipinski definition) is 2. The van der Waals surface area contributed by atoms with Crippen LogP contribution in [0.25, 0.3) is 21.7 Å². The number of rotatable bonds is 1. The van der Waals surface area contributed by atoms with Crippen LogP contribution in [0, 0.1) is 0 Å². The molecule has 108 valence electrons. The molecule has 1 aromatic carbocycles. The predicted molar refractivity (Wildman–Crippen MR) is 79.7 cm³/mol.